The van der Waals surface area contributed by atoms with Gasteiger partial charge in [-0.3, -0.25) is 4.79 Å². The van der Waals surface area contributed by atoms with Crippen LogP contribution in [0.4, 0.5) is 0 Å². The third-order valence-electron chi connectivity index (χ3n) is 5.77. The second-order valence-electron chi connectivity index (χ2n) is 9.10. The average Bonchev–Trinajstić information content (AvgIpc) is 2.80. The van der Waals surface area contributed by atoms with Crippen LogP contribution in [0.1, 0.15) is 26.3 Å². The van der Waals surface area contributed by atoms with Crippen molar-refractivity contribution in [1.82, 2.24) is 5.32 Å². The van der Waals surface area contributed by atoms with Gasteiger partial charge in [0.2, 0.25) is 5.91 Å². The maximum Gasteiger partial charge on any atom is 0.261 e. The standard InChI is InChI=1S/C27H34N2O2Si/c1-27(2,3)32(23-15-9-5-10-16-23,24-17-11-6-12-18-24)31-20-19-29-26(30)25(28)21-22-13-7-4-8-14-22/h4-18,25H,19-21,28H2,1-3H3,(H,29,30). The molecule has 3 aromatic carbocycles. The van der Waals surface area contributed by atoms with Gasteiger partial charge in [0.1, 0.15) is 0 Å². The molecule has 1 unspecified atom stereocenters. The third-order valence-corrected chi connectivity index (χ3v) is 10.8. The molecule has 0 spiro atoms. The third kappa shape index (κ3) is 5.54. The Morgan fingerprint density at radius 2 is 1.34 bits per heavy atom. The highest BCUT2D eigenvalue weighted by Crippen LogP contribution is 2.36. The smallest absolute Gasteiger partial charge is 0.261 e. The van der Waals surface area contributed by atoms with Crippen molar-refractivity contribution >= 4 is 24.6 Å². The number of benzene rings is 3. The van der Waals surface area contributed by atoms with Crippen molar-refractivity contribution in [2.24, 2.45) is 5.73 Å². The summed E-state index contributed by atoms with van der Waals surface area (Å²) in [7, 11) is -2.59. The minimum Gasteiger partial charge on any atom is -0.406 e. The molecule has 0 saturated carbocycles. The zero-order valence-electron chi connectivity index (χ0n) is 19.3. The molecule has 0 aliphatic heterocycles. The molecule has 3 N–H and O–H groups in total. The van der Waals surface area contributed by atoms with Gasteiger partial charge in [-0.1, -0.05) is 112 Å². The summed E-state index contributed by atoms with van der Waals surface area (Å²) in [6, 6.07) is 30.3. The van der Waals surface area contributed by atoms with Crippen LogP contribution in [0.2, 0.25) is 5.04 Å². The Kier molecular flexibility index (Phi) is 8.02. The molecule has 4 nitrogen and oxygen atoms in total. The molecule has 0 bridgehead atoms. The van der Waals surface area contributed by atoms with Gasteiger partial charge in [0.05, 0.1) is 12.6 Å². The molecule has 0 radical (unpaired) electrons. The Bertz CT molecular complexity index is 933. The number of hydrogen-bond donors (Lipinski definition) is 2. The van der Waals surface area contributed by atoms with Gasteiger partial charge < -0.3 is 15.5 Å². The maximum atomic E-state index is 12.5. The molecule has 0 aliphatic rings. The van der Waals surface area contributed by atoms with Crippen LogP contribution in [-0.2, 0) is 15.6 Å². The highest BCUT2D eigenvalue weighted by Gasteiger charge is 2.49. The van der Waals surface area contributed by atoms with E-state index in [1.165, 1.54) is 10.4 Å². The van der Waals surface area contributed by atoms with Crippen molar-refractivity contribution in [1.29, 1.82) is 0 Å². The summed E-state index contributed by atoms with van der Waals surface area (Å²) >= 11 is 0. The molecular formula is C27H34N2O2Si. The van der Waals surface area contributed by atoms with Gasteiger partial charge in [0.15, 0.2) is 0 Å². The Hall–Kier alpha value is -2.73. The average molecular weight is 447 g/mol. The fourth-order valence-corrected chi connectivity index (χ4v) is 8.80. The number of carbonyl (C=O) groups excluding carboxylic acids is 1. The molecule has 168 valence electrons. The van der Waals surface area contributed by atoms with E-state index in [0.29, 0.717) is 19.6 Å². The van der Waals surface area contributed by atoms with Crippen LogP contribution in [-0.4, -0.2) is 33.4 Å². The lowest BCUT2D eigenvalue weighted by Crippen LogP contribution is -2.67. The fraction of sp³-hybridized carbons (Fsp3) is 0.296. The van der Waals surface area contributed by atoms with Gasteiger partial charge in [-0.25, -0.2) is 0 Å². The van der Waals surface area contributed by atoms with Gasteiger partial charge in [-0.15, -0.1) is 0 Å². The first kappa shape index (κ1) is 23.9. The number of nitrogens with one attached hydrogen (secondary N) is 1. The summed E-state index contributed by atoms with van der Waals surface area (Å²) in [6.07, 6.45) is 0.516. The molecule has 3 aromatic rings. The van der Waals surface area contributed by atoms with Gasteiger partial charge in [-0.2, -0.15) is 0 Å². The first-order valence-electron chi connectivity index (χ1n) is 11.2. The molecule has 32 heavy (non-hydrogen) atoms. The topological polar surface area (TPSA) is 64.3 Å². The van der Waals surface area contributed by atoms with Crippen molar-refractivity contribution in [3.63, 3.8) is 0 Å². The first-order valence-corrected chi connectivity index (χ1v) is 13.1. The quantitative estimate of drug-likeness (QED) is 0.392. The van der Waals surface area contributed by atoms with E-state index in [-0.39, 0.29) is 10.9 Å². The molecule has 5 heteroatoms. The van der Waals surface area contributed by atoms with Crippen molar-refractivity contribution < 1.29 is 9.22 Å². The normalized spacial score (nSPS) is 12.9. The Morgan fingerprint density at radius 1 is 0.875 bits per heavy atom. The zero-order valence-corrected chi connectivity index (χ0v) is 20.3. The lowest BCUT2D eigenvalue weighted by Gasteiger charge is -2.43. The predicted molar refractivity (Wildman–Crippen MR) is 135 cm³/mol. The van der Waals surface area contributed by atoms with Gasteiger partial charge >= 0.3 is 0 Å². The van der Waals surface area contributed by atoms with Crippen molar-refractivity contribution in [3.8, 4) is 0 Å². The molecular weight excluding hydrogens is 412 g/mol. The van der Waals surface area contributed by atoms with Crippen LogP contribution < -0.4 is 21.4 Å². The van der Waals surface area contributed by atoms with Crippen LogP contribution in [0.15, 0.2) is 91.0 Å². The molecule has 0 fully saturated rings. The van der Waals surface area contributed by atoms with Crippen LogP contribution in [0, 0.1) is 0 Å². The molecule has 1 amide bonds. The Balaban J connectivity index is 1.72. The first-order chi connectivity index (χ1) is 15.3. The van der Waals surface area contributed by atoms with Crippen LogP contribution in [0.5, 0.6) is 0 Å². The molecule has 0 aromatic heterocycles. The van der Waals surface area contributed by atoms with E-state index in [2.05, 4.69) is 74.6 Å². The monoisotopic (exact) mass is 446 g/mol. The van der Waals surface area contributed by atoms with Crippen LogP contribution in [0.3, 0.4) is 0 Å². The summed E-state index contributed by atoms with van der Waals surface area (Å²) in [4.78, 5) is 12.5. The number of amides is 1. The second kappa shape index (κ2) is 10.7. The highest BCUT2D eigenvalue weighted by molar-refractivity contribution is 6.99. The molecule has 0 aliphatic carbocycles. The zero-order chi connectivity index (χ0) is 23.0. The number of rotatable bonds is 9. The SMILES string of the molecule is CC(C)(C)[Si](OCCNC(=O)C(N)Cc1ccccc1)(c1ccccc1)c1ccccc1. The largest absolute Gasteiger partial charge is 0.406 e. The minimum atomic E-state index is -2.59. The summed E-state index contributed by atoms with van der Waals surface area (Å²) in [5, 5.41) is 5.32. The Morgan fingerprint density at radius 3 is 1.81 bits per heavy atom. The number of carbonyl (C=O) groups is 1. The summed E-state index contributed by atoms with van der Waals surface area (Å²) in [6.45, 7) is 7.58. The summed E-state index contributed by atoms with van der Waals surface area (Å²) < 4.78 is 6.80. The van der Waals surface area contributed by atoms with Crippen molar-refractivity contribution in [2.45, 2.75) is 38.3 Å². The lowest BCUT2D eigenvalue weighted by atomic mass is 10.1. The number of nitrogens with two attached hydrogens (primary N) is 1. The van der Waals surface area contributed by atoms with E-state index in [1.807, 2.05) is 42.5 Å². The Labute approximate surface area is 192 Å². The van der Waals surface area contributed by atoms with E-state index < -0.39 is 14.4 Å². The highest BCUT2D eigenvalue weighted by atomic mass is 28.4. The molecule has 3 rings (SSSR count). The fourth-order valence-electron chi connectivity index (χ4n) is 4.23. The summed E-state index contributed by atoms with van der Waals surface area (Å²) in [5.74, 6) is -0.153. The van der Waals surface area contributed by atoms with E-state index in [4.69, 9.17) is 10.2 Å². The van der Waals surface area contributed by atoms with E-state index in [1.54, 1.807) is 0 Å². The maximum absolute atomic E-state index is 12.5. The van der Waals surface area contributed by atoms with Crippen LogP contribution >= 0.6 is 0 Å². The van der Waals surface area contributed by atoms with Crippen LogP contribution in [0.25, 0.3) is 0 Å². The minimum absolute atomic E-state index is 0.0938. The number of hydrogen-bond acceptors (Lipinski definition) is 3. The molecule has 0 heterocycles. The summed E-state index contributed by atoms with van der Waals surface area (Å²) in [5.41, 5.74) is 7.18. The van der Waals surface area contributed by atoms with Gasteiger partial charge in [-0.05, 0) is 27.4 Å². The molecule has 0 saturated heterocycles. The van der Waals surface area contributed by atoms with E-state index in [0.717, 1.165) is 5.56 Å². The van der Waals surface area contributed by atoms with Gasteiger partial charge in [0, 0.05) is 6.54 Å². The second-order valence-corrected chi connectivity index (χ2v) is 13.4. The van der Waals surface area contributed by atoms with Gasteiger partial charge in [0.25, 0.3) is 8.32 Å². The van der Waals surface area contributed by atoms with Crippen molar-refractivity contribution in [2.75, 3.05) is 13.2 Å². The van der Waals surface area contributed by atoms with E-state index >= 15 is 0 Å². The van der Waals surface area contributed by atoms with Crippen molar-refractivity contribution in [3.05, 3.63) is 96.6 Å². The lowest BCUT2D eigenvalue weighted by molar-refractivity contribution is -0.122. The molecule has 1 atom stereocenters. The predicted octanol–water partition coefficient (Wildman–Crippen LogP) is 3.25. The van der Waals surface area contributed by atoms with E-state index in [9.17, 15) is 4.79 Å².